The van der Waals surface area contributed by atoms with Crippen molar-refractivity contribution in [1.29, 1.82) is 0 Å². The van der Waals surface area contributed by atoms with Crippen LogP contribution in [0.15, 0.2) is 0 Å². The minimum absolute atomic E-state index is 0.699. The first-order chi connectivity index (χ1) is 7.42. The third-order valence-corrected chi connectivity index (χ3v) is 5.41. The highest BCUT2D eigenvalue weighted by Gasteiger charge is 2.19. The zero-order valence-electron chi connectivity index (χ0n) is 8.79. The number of fused-ring (bicyclic) bond motifs is 1. The van der Waals surface area contributed by atoms with E-state index in [2.05, 4.69) is 5.32 Å². The summed E-state index contributed by atoms with van der Waals surface area (Å²) in [5.74, 6) is 2.46. The summed E-state index contributed by atoms with van der Waals surface area (Å²) >= 11 is 4.00. The summed E-state index contributed by atoms with van der Waals surface area (Å²) in [5, 5.41) is 4.91. The van der Waals surface area contributed by atoms with Crippen LogP contribution in [0.25, 0.3) is 0 Å². The van der Waals surface area contributed by atoms with Crippen LogP contribution in [0.2, 0.25) is 0 Å². The van der Waals surface area contributed by atoms with Crippen LogP contribution in [0.3, 0.4) is 0 Å². The molecule has 2 aliphatic rings. The summed E-state index contributed by atoms with van der Waals surface area (Å²) in [6.45, 7) is 1.20. The number of nitrogens with zero attached hydrogens (tertiary/aromatic N) is 1. The van der Waals surface area contributed by atoms with E-state index in [1.165, 1.54) is 48.0 Å². The molecule has 1 N–H and O–H groups in total. The Morgan fingerprint density at radius 2 is 2.47 bits per heavy atom. The fraction of sp³-hybridized carbons (Fsp3) is 0.727. The molecule has 0 aliphatic carbocycles. The number of thiazole rings is 1. The van der Waals surface area contributed by atoms with Crippen LogP contribution >= 0.6 is 23.1 Å². The van der Waals surface area contributed by atoms with Crippen LogP contribution in [0.1, 0.15) is 28.4 Å². The molecule has 0 aromatic carbocycles. The second kappa shape index (κ2) is 4.44. The Balaban J connectivity index is 1.72. The summed E-state index contributed by atoms with van der Waals surface area (Å²) in [4.78, 5) is 6.32. The lowest BCUT2D eigenvalue weighted by Crippen LogP contribution is -2.23. The van der Waals surface area contributed by atoms with Crippen molar-refractivity contribution in [1.82, 2.24) is 10.3 Å². The molecule has 0 amide bonds. The van der Waals surface area contributed by atoms with Crippen molar-refractivity contribution in [2.75, 3.05) is 12.3 Å². The molecule has 15 heavy (non-hydrogen) atoms. The maximum atomic E-state index is 4.78. The van der Waals surface area contributed by atoms with Crippen molar-refractivity contribution in [3.63, 3.8) is 0 Å². The molecule has 0 radical (unpaired) electrons. The predicted octanol–water partition coefficient (Wildman–Crippen LogP) is 2.23. The average molecular weight is 240 g/mol. The van der Waals surface area contributed by atoms with Gasteiger partial charge in [0.05, 0.1) is 10.7 Å². The van der Waals surface area contributed by atoms with Gasteiger partial charge in [0.25, 0.3) is 0 Å². The molecule has 2 aliphatic heterocycles. The van der Waals surface area contributed by atoms with Gasteiger partial charge in [0.1, 0.15) is 0 Å². The number of aromatic nitrogens is 1. The number of rotatable bonds is 2. The largest absolute Gasteiger partial charge is 0.314 e. The molecular formula is C11H16N2S2. The zero-order valence-corrected chi connectivity index (χ0v) is 10.4. The second-order valence-electron chi connectivity index (χ2n) is 4.28. The lowest BCUT2D eigenvalue weighted by molar-refractivity contribution is 0.600. The van der Waals surface area contributed by atoms with E-state index in [9.17, 15) is 0 Å². The molecule has 0 bridgehead atoms. The third kappa shape index (κ3) is 2.22. The highest BCUT2D eigenvalue weighted by atomic mass is 32.2. The first-order valence-corrected chi connectivity index (χ1v) is 7.67. The van der Waals surface area contributed by atoms with Crippen LogP contribution in [-0.4, -0.2) is 23.3 Å². The maximum absolute atomic E-state index is 4.78. The smallest absolute Gasteiger partial charge is 0.0946 e. The standard InChI is InChI=1S/C11H16N2S2/c1-2-8(12-4-1)6-11-13-9-3-5-14-7-10(9)15-11/h8,12H,1-7H2. The summed E-state index contributed by atoms with van der Waals surface area (Å²) in [6, 6.07) is 0.699. The Hall–Kier alpha value is -0.0600. The molecule has 82 valence electrons. The minimum Gasteiger partial charge on any atom is -0.314 e. The molecule has 1 aromatic rings. The molecule has 0 spiro atoms. The van der Waals surface area contributed by atoms with Gasteiger partial charge in [0.2, 0.25) is 0 Å². The van der Waals surface area contributed by atoms with Crippen molar-refractivity contribution < 1.29 is 0 Å². The molecule has 2 nitrogen and oxygen atoms in total. The highest BCUT2D eigenvalue weighted by Crippen LogP contribution is 2.30. The van der Waals surface area contributed by atoms with Crippen LogP contribution in [0, 0.1) is 0 Å². The van der Waals surface area contributed by atoms with Crippen molar-refractivity contribution in [2.45, 2.75) is 37.5 Å². The van der Waals surface area contributed by atoms with Gasteiger partial charge in [-0.1, -0.05) is 0 Å². The van der Waals surface area contributed by atoms with E-state index in [1.807, 2.05) is 23.1 Å². The van der Waals surface area contributed by atoms with E-state index >= 15 is 0 Å². The molecular weight excluding hydrogens is 224 g/mol. The lowest BCUT2D eigenvalue weighted by Gasteiger charge is -2.06. The Morgan fingerprint density at radius 3 is 3.27 bits per heavy atom. The zero-order chi connectivity index (χ0) is 10.1. The quantitative estimate of drug-likeness (QED) is 0.858. The lowest BCUT2D eigenvalue weighted by atomic mass is 10.2. The first kappa shape index (κ1) is 10.1. The molecule has 1 unspecified atom stereocenters. The van der Waals surface area contributed by atoms with E-state index < -0.39 is 0 Å². The summed E-state index contributed by atoms with van der Waals surface area (Å²) in [5.41, 5.74) is 1.40. The normalized spacial score (nSPS) is 25.5. The van der Waals surface area contributed by atoms with Crippen molar-refractivity contribution in [2.24, 2.45) is 0 Å². The van der Waals surface area contributed by atoms with Gasteiger partial charge in [0, 0.05) is 23.1 Å². The average Bonchev–Trinajstić information content (AvgIpc) is 2.86. The van der Waals surface area contributed by atoms with Gasteiger partial charge in [-0.3, -0.25) is 0 Å². The SMILES string of the molecule is C1CNC(Cc2nc3c(s2)CSCC3)C1. The van der Waals surface area contributed by atoms with Crippen molar-refractivity contribution in [3.05, 3.63) is 15.6 Å². The Labute approximate surface area is 98.9 Å². The number of aryl methyl sites for hydroxylation is 1. The topological polar surface area (TPSA) is 24.9 Å². The van der Waals surface area contributed by atoms with Gasteiger partial charge in [-0.25, -0.2) is 4.98 Å². The van der Waals surface area contributed by atoms with Gasteiger partial charge in [-0.05, 0) is 31.6 Å². The molecule has 1 aromatic heterocycles. The minimum atomic E-state index is 0.699. The van der Waals surface area contributed by atoms with Gasteiger partial charge in [-0.2, -0.15) is 11.8 Å². The van der Waals surface area contributed by atoms with Crippen molar-refractivity contribution >= 4 is 23.1 Å². The number of nitrogens with one attached hydrogen (secondary N) is 1. The second-order valence-corrected chi connectivity index (χ2v) is 6.55. The van der Waals surface area contributed by atoms with E-state index in [1.54, 1.807) is 4.88 Å². The van der Waals surface area contributed by atoms with Gasteiger partial charge in [-0.15, -0.1) is 11.3 Å². The van der Waals surface area contributed by atoms with E-state index in [-0.39, 0.29) is 0 Å². The summed E-state index contributed by atoms with van der Waals surface area (Å²) in [7, 11) is 0. The van der Waals surface area contributed by atoms with Crippen LogP contribution in [0.5, 0.6) is 0 Å². The molecule has 1 fully saturated rings. The van der Waals surface area contributed by atoms with Crippen LogP contribution in [0.4, 0.5) is 0 Å². The molecule has 4 heteroatoms. The Morgan fingerprint density at radius 1 is 1.47 bits per heavy atom. The van der Waals surface area contributed by atoms with Gasteiger partial charge in [0.15, 0.2) is 0 Å². The first-order valence-electron chi connectivity index (χ1n) is 5.70. The maximum Gasteiger partial charge on any atom is 0.0946 e. The summed E-state index contributed by atoms with van der Waals surface area (Å²) in [6.07, 6.45) is 5.02. The number of hydrogen-bond acceptors (Lipinski definition) is 4. The molecule has 1 saturated heterocycles. The molecule has 0 saturated carbocycles. The fourth-order valence-corrected chi connectivity index (χ4v) is 4.62. The van der Waals surface area contributed by atoms with Crippen LogP contribution < -0.4 is 5.32 Å². The summed E-state index contributed by atoms with van der Waals surface area (Å²) < 4.78 is 0. The number of hydrogen-bond donors (Lipinski definition) is 1. The molecule has 3 heterocycles. The van der Waals surface area contributed by atoms with Crippen LogP contribution in [-0.2, 0) is 18.6 Å². The predicted molar refractivity (Wildman–Crippen MR) is 66.7 cm³/mol. The monoisotopic (exact) mass is 240 g/mol. The Bertz CT molecular complexity index is 319. The van der Waals surface area contributed by atoms with E-state index in [4.69, 9.17) is 4.98 Å². The van der Waals surface area contributed by atoms with Gasteiger partial charge >= 0.3 is 0 Å². The fourth-order valence-electron chi connectivity index (χ4n) is 2.31. The van der Waals surface area contributed by atoms with Crippen molar-refractivity contribution in [3.8, 4) is 0 Å². The highest BCUT2D eigenvalue weighted by molar-refractivity contribution is 7.98. The molecule has 1 atom stereocenters. The Kier molecular flexibility index (Phi) is 2.99. The van der Waals surface area contributed by atoms with E-state index in [0.717, 1.165) is 6.42 Å². The van der Waals surface area contributed by atoms with E-state index in [0.29, 0.717) is 6.04 Å². The number of thioether (sulfide) groups is 1. The molecule has 3 rings (SSSR count). The van der Waals surface area contributed by atoms with Gasteiger partial charge < -0.3 is 5.32 Å². The third-order valence-electron chi connectivity index (χ3n) is 3.12.